The zero-order chi connectivity index (χ0) is 20.3. The molecular weight excluding hydrogens is 374 g/mol. The second-order valence-electron chi connectivity index (χ2n) is 8.32. The highest BCUT2D eigenvalue weighted by atomic mass is 32.2. The van der Waals surface area contributed by atoms with Crippen LogP contribution >= 0.6 is 11.8 Å². The number of aromatic nitrogens is 2. The first-order valence-electron chi connectivity index (χ1n) is 9.81. The Morgan fingerprint density at radius 1 is 1.32 bits per heavy atom. The Kier molecular flexibility index (Phi) is 6.33. The van der Waals surface area contributed by atoms with Gasteiger partial charge in [-0.25, -0.2) is 9.78 Å². The van der Waals surface area contributed by atoms with Gasteiger partial charge >= 0.3 is 6.09 Å². The second kappa shape index (κ2) is 8.55. The maximum absolute atomic E-state index is 12.3. The van der Waals surface area contributed by atoms with E-state index in [9.17, 15) is 9.59 Å². The Hall–Kier alpha value is -2.02. The number of hydrogen-bond donors (Lipinski definition) is 1. The second-order valence-corrected chi connectivity index (χ2v) is 9.60. The number of nitrogens with zero attached hydrogens (tertiary/aromatic N) is 2. The highest BCUT2D eigenvalue weighted by Crippen LogP contribution is 2.27. The number of carbonyl (C=O) groups excluding carboxylic acids is 1. The molecule has 2 aromatic rings. The first-order chi connectivity index (χ1) is 13.2. The van der Waals surface area contributed by atoms with E-state index in [2.05, 4.69) is 9.97 Å². The van der Waals surface area contributed by atoms with Crippen molar-refractivity contribution in [3.8, 4) is 0 Å². The number of likely N-dealkylation sites (tertiary alicyclic amines) is 1. The molecule has 1 atom stereocenters. The fourth-order valence-corrected chi connectivity index (χ4v) is 4.49. The smallest absolute Gasteiger partial charge is 0.410 e. The zero-order valence-electron chi connectivity index (χ0n) is 17.1. The first-order valence-corrected chi connectivity index (χ1v) is 10.9. The van der Waals surface area contributed by atoms with Gasteiger partial charge in [-0.2, -0.15) is 11.8 Å². The van der Waals surface area contributed by atoms with Crippen LogP contribution in [0, 0.1) is 6.92 Å². The molecule has 1 N–H and O–H groups in total. The average Bonchev–Trinajstić information content (AvgIpc) is 2.85. The van der Waals surface area contributed by atoms with Gasteiger partial charge in [0.05, 0.1) is 16.7 Å². The van der Waals surface area contributed by atoms with Crippen molar-refractivity contribution in [3.63, 3.8) is 0 Å². The van der Waals surface area contributed by atoms with Gasteiger partial charge in [-0.15, -0.1) is 0 Å². The number of para-hydroxylation sites is 1. The van der Waals surface area contributed by atoms with E-state index in [4.69, 9.17) is 4.74 Å². The van der Waals surface area contributed by atoms with Crippen molar-refractivity contribution >= 4 is 28.8 Å². The van der Waals surface area contributed by atoms with Crippen LogP contribution in [0.2, 0.25) is 0 Å². The van der Waals surface area contributed by atoms with Crippen molar-refractivity contribution in [2.75, 3.05) is 13.1 Å². The third-order valence-electron chi connectivity index (χ3n) is 4.77. The van der Waals surface area contributed by atoms with E-state index in [1.165, 1.54) is 0 Å². The summed E-state index contributed by atoms with van der Waals surface area (Å²) in [5, 5.41) is 1.07. The van der Waals surface area contributed by atoms with E-state index in [1.54, 1.807) is 11.8 Å². The third kappa shape index (κ3) is 5.28. The lowest BCUT2D eigenvalue weighted by molar-refractivity contribution is 0.0257. The largest absolute Gasteiger partial charge is 0.444 e. The van der Waals surface area contributed by atoms with Crippen molar-refractivity contribution in [1.29, 1.82) is 0 Å². The van der Waals surface area contributed by atoms with E-state index in [0.717, 1.165) is 36.9 Å². The molecule has 0 aliphatic carbocycles. The summed E-state index contributed by atoms with van der Waals surface area (Å²) in [6.07, 6.45) is 2.69. The number of thioether (sulfide) groups is 1. The minimum atomic E-state index is -0.469. The number of aryl methyl sites for hydroxylation is 1. The van der Waals surface area contributed by atoms with Crippen LogP contribution in [0.4, 0.5) is 4.79 Å². The Morgan fingerprint density at radius 2 is 2.11 bits per heavy atom. The molecule has 0 bridgehead atoms. The molecular formula is C21H29N3O3S. The van der Waals surface area contributed by atoms with Gasteiger partial charge < -0.3 is 14.6 Å². The van der Waals surface area contributed by atoms with Crippen molar-refractivity contribution in [3.05, 3.63) is 39.9 Å². The normalized spacial score (nSPS) is 18.1. The third-order valence-corrected chi connectivity index (χ3v) is 6.15. The number of hydrogen-bond acceptors (Lipinski definition) is 5. The van der Waals surface area contributed by atoms with Crippen molar-refractivity contribution in [1.82, 2.24) is 14.9 Å². The van der Waals surface area contributed by atoms with Crippen molar-refractivity contribution < 1.29 is 9.53 Å². The number of fused-ring (bicyclic) bond motifs is 1. The molecule has 152 valence electrons. The van der Waals surface area contributed by atoms with Gasteiger partial charge in [-0.3, -0.25) is 4.79 Å². The highest BCUT2D eigenvalue weighted by Gasteiger charge is 2.25. The summed E-state index contributed by atoms with van der Waals surface area (Å²) in [4.78, 5) is 34.0. The lowest BCUT2D eigenvalue weighted by Gasteiger charge is -2.26. The minimum absolute atomic E-state index is 0.0822. The topological polar surface area (TPSA) is 75.3 Å². The molecule has 0 saturated carbocycles. The molecule has 1 aliphatic rings. The van der Waals surface area contributed by atoms with E-state index in [-0.39, 0.29) is 11.7 Å². The van der Waals surface area contributed by atoms with Gasteiger partial charge in [-0.1, -0.05) is 12.1 Å². The van der Waals surface area contributed by atoms with Crippen LogP contribution in [0.5, 0.6) is 0 Å². The Morgan fingerprint density at radius 3 is 2.86 bits per heavy atom. The van der Waals surface area contributed by atoms with Crippen LogP contribution in [-0.4, -0.2) is 44.9 Å². The Labute approximate surface area is 170 Å². The van der Waals surface area contributed by atoms with E-state index < -0.39 is 5.60 Å². The van der Waals surface area contributed by atoms with E-state index >= 15 is 0 Å². The molecule has 3 rings (SSSR count). The number of benzene rings is 1. The fraction of sp³-hybridized carbons (Fsp3) is 0.571. The molecule has 0 spiro atoms. The van der Waals surface area contributed by atoms with Crippen molar-refractivity contribution in [2.45, 2.75) is 63.6 Å². The van der Waals surface area contributed by atoms with E-state index in [0.29, 0.717) is 28.8 Å². The van der Waals surface area contributed by atoms with Crippen LogP contribution in [0.1, 0.15) is 51.4 Å². The number of nitrogens with one attached hydrogen (secondary N) is 1. The molecule has 6 nitrogen and oxygen atoms in total. The molecule has 1 aromatic heterocycles. The van der Waals surface area contributed by atoms with Crippen LogP contribution in [0.3, 0.4) is 0 Å². The van der Waals surface area contributed by atoms with Gasteiger partial charge in [0.2, 0.25) is 0 Å². The fourth-order valence-electron chi connectivity index (χ4n) is 3.36. The van der Waals surface area contributed by atoms with Crippen LogP contribution in [0.15, 0.2) is 23.0 Å². The molecule has 1 fully saturated rings. The summed E-state index contributed by atoms with van der Waals surface area (Å²) in [5.41, 5.74) is 1.24. The Bertz CT molecular complexity index is 904. The molecule has 1 aromatic carbocycles. The number of ether oxygens (including phenoxy) is 1. The molecule has 1 aliphatic heterocycles. The lowest BCUT2D eigenvalue weighted by atomic mass is 10.1. The molecule has 1 amide bonds. The molecule has 2 heterocycles. The standard InChI is InChI=1S/C21H29N3O3S/c1-14-7-5-9-16-18(14)22-17(23-19(16)25)13-28-15-8-6-11-24(12-10-15)20(26)27-21(2,3)4/h5,7,9,15H,6,8,10-13H2,1-4H3,(H,22,23,25). The Balaban J connectivity index is 1.60. The molecule has 7 heteroatoms. The maximum atomic E-state index is 12.3. The number of aromatic amines is 1. The number of amides is 1. The first kappa shape index (κ1) is 20.7. The SMILES string of the molecule is Cc1cccc2c(=O)[nH]c(CSC3CCCN(C(=O)OC(C)(C)C)CC3)nc12. The molecule has 28 heavy (non-hydrogen) atoms. The minimum Gasteiger partial charge on any atom is -0.444 e. The van der Waals surface area contributed by atoms with Crippen LogP contribution in [0.25, 0.3) is 10.9 Å². The summed E-state index contributed by atoms with van der Waals surface area (Å²) in [6, 6.07) is 5.66. The number of H-pyrrole nitrogens is 1. The van der Waals surface area contributed by atoms with E-state index in [1.807, 2.05) is 50.8 Å². The predicted octanol–water partition coefficient (Wildman–Crippen LogP) is 4.25. The summed E-state index contributed by atoms with van der Waals surface area (Å²) in [6.45, 7) is 9.08. The van der Waals surface area contributed by atoms with Gasteiger partial charge in [-0.05, 0) is 58.6 Å². The average molecular weight is 404 g/mol. The molecule has 1 unspecified atom stereocenters. The monoisotopic (exact) mass is 403 g/mol. The summed E-state index contributed by atoms with van der Waals surface area (Å²) >= 11 is 1.80. The van der Waals surface area contributed by atoms with Gasteiger partial charge in [0, 0.05) is 18.3 Å². The van der Waals surface area contributed by atoms with Gasteiger partial charge in [0.1, 0.15) is 11.4 Å². The summed E-state index contributed by atoms with van der Waals surface area (Å²) in [5.74, 6) is 1.38. The van der Waals surface area contributed by atoms with Gasteiger partial charge in [0.25, 0.3) is 5.56 Å². The molecule has 0 radical (unpaired) electrons. The van der Waals surface area contributed by atoms with Gasteiger partial charge in [0.15, 0.2) is 0 Å². The molecule has 1 saturated heterocycles. The van der Waals surface area contributed by atoms with Crippen LogP contribution < -0.4 is 5.56 Å². The summed E-state index contributed by atoms with van der Waals surface area (Å²) in [7, 11) is 0. The quantitative estimate of drug-likeness (QED) is 0.829. The maximum Gasteiger partial charge on any atom is 0.410 e. The lowest BCUT2D eigenvalue weighted by Crippen LogP contribution is -2.37. The highest BCUT2D eigenvalue weighted by molar-refractivity contribution is 7.99. The predicted molar refractivity (Wildman–Crippen MR) is 114 cm³/mol. The van der Waals surface area contributed by atoms with Crippen LogP contribution in [-0.2, 0) is 10.5 Å². The zero-order valence-corrected chi connectivity index (χ0v) is 17.9. The summed E-state index contributed by atoms with van der Waals surface area (Å²) < 4.78 is 5.49. The number of carbonyl (C=O) groups is 1. The van der Waals surface area contributed by atoms with Crippen molar-refractivity contribution in [2.24, 2.45) is 0 Å². The number of rotatable bonds is 3.